The molecule has 1 saturated heterocycles. The Labute approximate surface area is 130 Å². The van der Waals surface area contributed by atoms with Crippen LogP contribution in [0.3, 0.4) is 0 Å². The van der Waals surface area contributed by atoms with Gasteiger partial charge in [0.1, 0.15) is 5.82 Å². The van der Waals surface area contributed by atoms with E-state index in [2.05, 4.69) is 5.32 Å². The van der Waals surface area contributed by atoms with Crippen molar-refractivity contribution in [2.24, 2.45) is 11.1 Å². The van der Waals surface area contributed by atoms with E-state index in [0.29, 0.717) is 44.7 Å². The van der Waals surface area contributed by atoms with Crippen molar-refractivity contribution in [2.75, 3.05) is 19.8 Å². The standard InChI is InChI=1S/C15H21FN2O2.ClH/c1-11-8-12(2-3-13(11)16)9-18-14(19)15(10-17)4-6-20-7-5-15;/h2-3,8H,4-7,9-10,17H2,1H3,(H,18,19);1H. The molecule has 0 radical (unpaired) electrons. The van der Waals surface area contributed by atoms with Crippen LogP contribution in [0.4, 0.5) is 4.39 Å². The van der Waals surface area contributed by atoms with Crippen LogP contribution in [0.2, 0.25) is 0 Å². The van der Waals surface area contributed by atoms with Crippen molar-refractivity contribution in [3.8, 4) is 0 Å². The smallest absolute Gasteiger partial charge is 0.227 e. The molecule has 0 aromatic heterocycles. The van der Waals surface area contributed by atoms with Crippen LogP contribution >= 0.6 is 12.4 Å². The zero-order valence-corrected chi connectivity index (χ0v) is 13.0. The van der Waals surface area contributed by atoms with E-state index >= 15 is 0 Å². The minimum absolute atomic E-state index is 0. The fourth-order valence-corrected chi connectivity index (χ4v) is 2.47. The van der Waals surface area contributed by atoms with Gasteiger partial charge in [0.15, 0.2) is 0 Å². The molecule has 1 aromatic rings. The van der Waals surface area contributed by atoms with Crippen LogP contribution in [0.15, 0.2) is 18.2 Å². The van der Waals surface area contributed by atoms with Gasteiger partial charge in [-0.2, -0.15) is 0 Å². The van der Waals surface area contributed by atoms with E-state index in [9.17, 15) is 9.18 Å². The maximum Gasteiger partial charge on any atom is 0.227 e. The Morgan fingerprint density at radius 3 is 2.67 bits per heavy atom. The third kappa shape index (κ3) is 4.15. The number of amides is 1. The number of carbonyl (C=O) groups is 1. The normalized spacial score (nSPS) is 16.9. The minimum Gasteiger partial charge on any atom is -0.381 e. The van der Waals surface area contributed by atoms with Crippen molar-refractivity contribution in [3.63, 3.8) is 0 Å². The van der Waals surface area contributed by atoms with Gasteiger partial charge >= 0.3 is 0 Å². The highest BCUT2D eigenvalue weighted by Crippen LogP contribution is 2.29. The summed E-state index contributed by atoms with van der Waals surface area (Å²) in [6.45, 7) is 3.56. The minimum atomic E-state index is -0.521. The molecule has 1 amide bonds. The van der Waals surface area contributed by atoms with E-state index < -0.39 is 5.41 Å². The number of carbonyl (C=O) groups excluding carboxylic acids is 1. The predicted molar refractivity (Wildman–Crippen MR) is 81.8 cm³/mol. The number of aryl methyl sites for hydroxylation is 1. The van der Waals surface area contributed by atoms with Crippen LogP contribution in [0.5, 0.6) is 0 Å². The SMILES string of the molecule is Cc1cc(CNC(=O)C2(CN)CCOCC2)ccc1F.Cl. The summed E-state index contributed by atoms with van der Waals surface area (Å²) < 4.78 is 18.5. The molecule has 4 nitrogen and oxygen atoms in total. The number of nitrogens with one attached hydrogen (secondary N) is 1. The van der Waals surface area contributed by atoms with E-state index in [-0.39, 0.29) is 24.1 Å². The first kappa shape index (κ1) is 17.9. The summed E-state index contributed by atoms with van der Waals surface area (Å²) in [5, 5.41) is 2.91. The third-order valence-electron chi connectivity index (χ3n) is 4.00. The van der Waals surface area contributed by atoms with Gasteiger partial charge in [-0.1, -0.05) is 12.1 Å². The van der Waals surface area contributed by atoms with E-state index in [0.717, 1.165) is 5.56 Å². The molecule has 0 spiro atoms. The van der Waals surface area contributed by atoms with Gasteiger partial charge in [0.25, 0.3) is 0 Å². The van der Waals surface area contributed by atoms with Gasteiger partial charge in [-0.15, -0.1) is 12.4 Å². The van der Waals surface area contributed by atoms with Gasteiger partial charge in [-0.3, -0.25) is 4.79 Å². The molecule has 1 aliphatic heterocycles. The van der Waals surface area contributed by atoms with Gasteiger partial charge in [0.2, 0.25) is 5.91 Å². The number of nitrogens with two attached hydrogens (primary N) is 1. The molecule has 0 unspecified atom stereocenters. The monoisotopic (exact) mass is 316 g/mol. The second kappa shape index (κ2) is 7.73. The van der Waals surface area contributed by atoms with Gasteiger partial charge in [-0.25, -0.2) is 4.39 Å². The second-order valence-electron chi connectivity index (χ2n) is 5.36. The quantitative estimate of drug-likeness (QED) is 0.892. The molecule has 1 aliphatic rings. The van der Waals surface area contributed by atoms with Crippen LogP contribution < -0.4 is 11.1 Å². The predicted octanol–water partition coefficient (Wildman–Crippen LogP) is 1.93. The molecule has 1 heterocycles. The summed E-state index contributed by atoms with van der Waals surface area (Å²) in [5.74, 6) is -0.270. The second-order valence-corrected chi connectivity index (χ2v) is 5.36. The van der Waals surface area contributed by atoms with Crippen molar-refractivity contribution < 1.29 is 13.9 Å². The lowest BCUT2D eigenvalue weighted by molar-refractivity contribution is -0.136. The molecule has 0 atom stereocenters. The molecular formula is C15H22ClFN2O2. The first-order chi connectivity index (χ1) is 9.57. The average Bonchev–Trinajstić information content (AvgIpc) is 2.48. The Morgan fingerprint density at radius 1 is 1.43 bits per heavy atom. The summed E-state index contributed by atoms with van der Waals surface area (Å²) in [4.78, 5) is 12.4. The highest BCUT2D eigenvalue weighted by atomic mass is 35.5. The zero-order valence-electron chi connectivity index (χ0n) is 12.2. The van der Waals surface area contributed by atoms with Crippen molar-refractivity contribution in [3.05, 3.63) is 35.1 Å². The van der Waals surface area contributed by atoms with Gasteiger partial charge < -0.3 is 15.8 Å². The molecule has 6 heteroatoms. The molecule has 3 N–H and O–H groups in total. The lowest BCUT2D eigenvalue weighted by Gasteiger charge is -2.34. The number of hydrogen-bond donors (Lipinski definition) is 2. The fraction of sp³-hybridized carbons (Fsp3) is 0.533. The summed E-state index contributed by atoms with van der Waals surface area (Å²) >= 11 is 0. The number of halogens is 2. The molecule has 0 bridgehead atoms. The molecule has 21 heavy (non-hydrogen) atoms. The highest BCUT2D eigenvalue weighted by molar-refractivity contribution is 5.85. The lowest BCUT2D eigenvalue weighted by atomic mass is 9.79. The lowest BCUT2D eigenvalue weighted by Crippen LogP contribution is -2.48. The van der Waals surface area contributed by atoms with Crippen LogP contribution in [0, 0.1) is 18.2 Å². The Hall–Kier alpha value is -1.17. The molecule has 0 aliphatic carbocycles. The van der Waals surface area contributed by atoms with Crippen molar-refractivity contribution in [1.82, 2.24) is 5.32 Å². The molecule has 1 aromatic carbocycles. The van der Waals surface area contributed by atoms with Crippen LogP contribution in [-0.4, -0.2) is 25.7 Å². The summed E-state index contributed by atoms with van der Waals surface area (Å²) in [7, 11) is 0. The van der Waals surface area contributed by atoms with Crippen molar-refractivity contribution in [1.29, 1.82) is 0 Å². The van der Waals surface area contributed by atoms with Crippen molar-refractivity contribution >= 4 is 18.3 Å². The highest BCUT2D eigenvalue weighted by Gasteiger charge is 2.38. The van der Waals surface area contributed by atoms with E-state index in [1.54, 1.807) is 19.1 Å². The number of benzene rings is 1. The Bertz CT molecular complexity index is 491. The van der Waals surface area contributed by atoms with Crippen LogP contribution in [-0.2, 0) is 16.1 Å². The maximum atomic E-state index is 13.2. The van der Waals surface area contributed by atoms with E-state index in [1.807, 2.05) is 0 Å². The first-order valence-corrected chi connectivity index (χ1v) is 6.88. The van der Waals surface area contributed by atoms with Gasteiger partial charge in [0, 0.05) is 26.3 Å². The van der Waals surface area contributed by atoms with Gasteiger partial charge in [-0.05, 0) is 37.0 Å². The van der Waals surface area contributed by atoms with Crippen LogP contribution in [0.1, 0.15) is 24.0 Å². The first-order valence-electron chi connectivity index (χ1n) is 6.88. The molecule has 1 fully saturated rings. The average molecular weight is 317 g/mol. The molecule has 0 saturated carbocycles. The molecular weight excluding hydrogens is 295 g/mol. The largest absolute Gasteiger partial charge is 0.381 e. The number of rotatable bonds is 4. The van der Waals surface area contributed by atoms with Gasteiger partial charge in [0.05, 0.1) is 5.41 Å². The fourth-order valence-electron chi connectivity index (χ4n) is 2.47. The number of hydrogen-bond acceptors (Lipinski definition) is 3. The van der Waals surface area contributed by atoms with E-state index in [1.165, 1.54) is 6.07 Å². The van der Waals surface area contributed by atoms with Crippen molar-refractivity contribution in [2.45, 2.75) is 26.3 Å². The topological polar surface area (TPSA) is 64.4 Å². The maximum absolute atomic E-state index is 13.2. The summed E-state index contributed by atoms with van der Waals surface area (Å²) in [5.41, 5.74) is 6.73. The third-order valence-corrected chi connectivity index (χ3v) is 4.00. The Morgan fingerprint density at radius 2 is 2.10 bits per heavy atom. The summed E-state index contributed by atoms with van der Waals surface area (Å²) in [6, 6.07) is 4.85. The van der Waals surface area contributed by atoms with E-state index in [4.69, 9.17) is 10.5 Å². The molecule has 2 rings (SSSR count). The Kier molecular flexibility index (Phi) is 6.58. The zero-order chi connectivity index (χ0) is 14.6. The summed E-state index contributed by atoms with van der Waals surface area (Å²) in [6.07, 6.45) is 1.30. The van der Waals surface area contributed by atoms with Crippen LogP contribution in [0.25, 0.3) is 0 Å². The number of ether oxygens (including phenoxy) is 1. The molecule has 118 valence electrons. The Balaban J connectivity index is 0.00000220.